The largest absolute Gasteiger partial charge is 0.423 e. The summed E-state index contributed by atoms with van der Waals surface area (Å²) in [5.41, 5.74) is -2.76. The first kappa shape index (κ1) is 16.9. The summed E-state index contributed by atoms with van der Waals surface area (Å²) >= 11 is 0. The molecule has 2 rings (SSSR count). The molecular weight excluding hydrogens is 335 g/mol. The molecule has 0 N–H and O–H groups in total. The van der Waals surface area contributed by atoms with Gasteiger partial charge in [-0.2, -0.15) is 13.2 Å². The minimum Gasteiger partial charge on any atom is -0.258 e. The van der Waals surface area contributed by atoms with Crippen LogP contribution in [-0.4, -0.2) is 13.3 Å². The van der Waals surface area contributed by atoms with E-state index in [-0.39, 0.29) is 10.5 Å². The summed E-state index contributed by atoms with van der Waals surface area (Å²) in [5.74, 6) is -0.682. The van der Waals surface area contributed by atoms with E-state index in [1.54, 1.807) is 6.07 Å². The van der Waals surface area contributed by atoms with E-state index in [1.807, 2.05) is 0 Å². The van der Waals surface area contributed by atoms with Crippen molar-refractivity contribution in [3.8, 4) is 0 Å². The molecular formula is C14H10F3NO4S. The van der Waals surface area contributed by atoms with Gasteiger partial charge in [0, 0.05) is 6.07 Å². The number of nitro groups is 1. The summed E-state index contributed by atoms with van der Waals surface area (Å²) in [6, 6.07) is 9.41. The van der Waals surface area contributed by atoms with Crippen molar-refractivity contribution in [1.82, 2.24) is 0 Å². The number of alkyl halides is 3. The fourth-order valence-electron chi connectivity index (χ4n) is 1.99. The number of rotatable bonds is 4. The topological polar surface area (TPSA) is 77.3 Å². The molecule has 23 heavy (non-hydrogen) atoms. The van der Waals surface area contributed by atoms with Crippen LogP contribution in [0.3, 0.4) is 0 Å². The van der Waals surface area contributed by atoms with Crippen molar-refractivity contribution in [1.29, 1.82) is 0 Å². The second kappa shape index (κ2) is 5.99. The van der Waals surface area contributed by atoms with Crippen LogP contribution in [0, 0.1) is 10.1 Å². The summed E-state index contributed by atoms with van der Waals surface area (Å²) in [4.78, 5) is 9.48. The van der Waals surface area contributed by atoms with Crippen molar-refractivity contribution in [2.75, 3.05) is 0 Å². The van der Waals surface area contributed by atoms with Gasteiger partial charge in [0.15, 0.2) is 9.84 Å². The Hall–Kier alpha value is -2.42. The van der Waals surface area contributed by atoms with E-state index in [2.05, 4.69) is 0 Å². The Labute approximate surface area is 129 Å². The normalized spacial score (nSPS) is 12.1. The van der Waals surface area contributed by atoms with E-state index in [9.17, 15) is 31.7 Å². The number of sulfone groups is 1. The van der Waals surface area contributed by atoms with E-state index in [4.69, 9.17) is 0 Å². The molecule has 0 aliphatic carbocycles. The summed E-state index contributed by atoms with van der Waals surface area (Å²) < 4.78 is 63.0. The Morgan fingerprint density at radius 2 is 1.65 bits per heavy atom. The van der Waals surface area contributed by atoms with Crippen molar-refractivity contribution in [3.63, 3.8) is 0 Å². The maximum absolute atomic E-state index is 12.9. The molecule has 0 bridgehead atoms. The smallest absolute Gasteiger partial charge is 0.258 e. The molecule has 0 aliphatic heterocycles. The van der Waals surface area contributed by atoms with Crippen LogP contribution in [0.15, 0.2) is 53.4 Å². The van der Waals surface area contributed by atoms with Gasteiger partial charge in [0.05, 0.1) is 15.6 Å². The monoisotopic (exact) mass is 345 g/mol. The third-order valence-corrected chi connectivity index (χ3v) is 4.73. The van der Waals surface area contributed by atoms with Gasteiger partial charge in [-0.15, -0.1) is 0 Å². The average Bonchev–Trinajstić information content (AvgIpc) is 2.46. The minimum absolute atomic E-state index is 0.0353. The summed E-state index contributed by atoms with van der Waals surface area (Å²) in [5, 5.41) is 10.7. The van der Waals surface area contributed by atoms with Crippen LogP contribution in [0.5, 0.6) is 0 Å². The first-order valence-corrected chi connectivity index (χ1v) is 7.89. The first-order chi connectivity index (χ1) is 10.6. The number of nitrogens with zero attached hydrogens (tertiary/aromatic N) is 1. The minimum atomic E-state index is -4.95. The first-order valence-electron chi connectivity index (χ1n) is 6.23. The number of hydrogen-bond donors (Lipinski definition) is 0. The van der Waals surface area contributed by atoms with Crippen molar-refractivity contribution in [2.45, 2.75) is 16.8 Å². The zero-order valence-electron chi connectivity index (χ0n) is 11.4. The molecule has 0 saturated carbocycles. The fraction of sp³-hybridized carbons (Fsp3) is 0.143. The quantitative estimate of drug-likeness (QED) is 0.627. The summed E-state index contributed by atoms with van der Waals surface area (Å²) in [7, 11) is -3.85. The van der Waals surface area contributed by atoms with Gasteiger partial charge >= 0.3 is 6.18 Å². The highest BCUT2D eigenvalue weighted by molar-refractivity contribution is 7.90. The second-order valence-corrected chi connectivity index (χ2v) is 6.67. The molecule has 0 amide bonds. The Morgan fingerprint density at radius 1 is 1.04 bits per heavy atom. The van der Waals surface area contributed by atoms with Gasteiger partial charge in [-0.1, -0.05) is 24.3 Å². The lowest BCUT2D eigenvalue weighted by atomic mass is 10.1. The second-order valence-electron chi connectivity index (χ2n) is 4.68. The molecule has 0 saturated heterocycles. The third-order valence-electron chi connectivity index (χ3n) is 3.02. The number of hydrogen-bond acceptors (Lipinski definition) is 4. The Balaban J connectivity index is 2.44. The van der Waals surface area contributed by atoms with Crippen LogP contribution in [-0.2, 0) is 21.8 Å². The van der Waals surface area contributed by atoms with Crippen LogP contribution in [0.2, 0.25) is 0 Å². The summed E-state index contributed by atoms with van der Waals surface area (Å²) in [6.45, 7) is 0. The molecule has 5 nitrogen and oxygen atoms in total. The van der Waals surface area contributed by atoms with Gasteiger partial charge in [-0.25, -0.2) is 8.42 Å². The number of nitro benzene ring substituents is 1. The predicted molar refractivity (Wildman–Crippen MR) is 75.4 cm³/mol. The van der Waals surface area contributed by atoms with Crippen LogP contribution in [0.1, 0.15) is 11.1 Å². The molecule has 0 spiro atoms. The zero-order valence-corrected chi connectivity index (χ0v) is 12.3. The molecule has 0 fully saturated rings. The Bertz CT molecular complexity index is 833. The molecule has 0 aromatic heterocycles. The third kappa shape index (κ3) is 3.86. The molecule has 0 radical (unpaired) electrons. The highest BCUT2D eigenvalue weighted by atomic mass is 32.2. The van der Waals surface area contributed by atoms with E-state index < -0.39 is 37.9 Å². The number of benzene rings is 2. The van der Waals surface area contributed by atoms with Crippen molar-refractivity contribution in [2.24, 2.45) is 0 Å². The highest BCUT2D eigenvalue weighted by Gasteiger charge is 2.38. The molecule has 122 valence electrons. The van der Waals surface area contributed by atoms with Gasteiger partial charge in [-0.3, -0.25) is 10.1 Å². The molecule has 0 unspecified atom stereocenters. The van der Waals surface area contributed by atoms with E-state index >= 15 is 0 Å². The SMILES string of the molecule is O=[N+]([O-])c1ccc(CS(=O)(=O)c2ccccc2)cc1C(F)(F)F. The lowest BCUT2D eigenvalue weighted by Gasteiger charge is -2.10. The fourth-order valence-corrected chi connectivity index (χ4v) is 3.35. The van der Waals surface area contributed by atoms with Gasteiger partial charge in [-0.05, 0) is 23.8 Å². The van der Waals surface area contributed by atoms with Crippen LogP contribution in [0.4, 0.5) is 18.9 Å². The predicted octanol–water partition coefficient (Wildman–Crippen LogP) is 3.59. The maximum Gasteiger partial charge on any atom is 0.423 e. The van der Waals surface area contributed by atoms with Gasteiger partial charge in [0.1, 0.15) is 5.56 Å². The van der Waals surface area contributed by atoms with Crippen LogP contribution in [0.25, 0.3) is 0 Å². The van der Waals surface area contributed by atoms with Gasteiger partial charge < -0.3 is 0 Å². The molecule has 0 heterocycles. The van der Waals surface area contributed by atoms with Crippen molar-refractivity contribution in [3.05, 3.63) is 69.8 Å². The maximum atomic E-state index is 12.9. The van der Waals surface area contributed by atoms with E-state index in [1.165, 1.54) is 24.3 Å². The van der Waals surface area contributed by atoms with E-state index in [0.29, 0.717) is 12.1 Å². The van der Waals surface area contributed by atoms with E-state index in [0.717, 1.165) is 6.07 Å². The average molecular weight is 345 g/mol. The highest BCUT2D eigenvalue weighted by Crippen LogP contribution is 2.37. The molecule has 0 atom stereocenters. The van der Waals surface area contributed by atoms with Crippen molar-refractivity contribution < 1.29 is 26.5 Å². The molecule has 9 heteroatoms. The Morgan fingerprint density at radius 3 is 2.17 bits per heavy atom. The van der Waals surface area contributed by atoms with Crippen LogP contribution < -0.4 is 0 Å². The van der Waals surface area contributed by atoms with Gasteiger partial charge in [0.2, 0.25) is 0 Å². The lowest BCUT2D eigenvalue weighted by molar-refractivity contribution is -0.388. The lowest BCUT2D eigenvalue weighted by Crippen LogP contribution is -2.11. The molecule has 2 aromatic rings. The van der Waals surface area contributed by atoms with Gasteiger partial charge in [0.25, 0.3) is 5.69 Å². The standard InChI is InChI=1S/C14H10F3NO4S/c15-14(16,17)12-8-10(6-7-13(12)18(19)20)9-23(21,22)11-4-2-1-3-5-11/h1-8H,9H2. The molecule has 2 aromatic carbocycles. The van der Waals surface area contributed by atoms with Crippen molar-refractivity contribution >= 4 is 15.5 Å². The molecule has 0 aliphatic rings. The number of halogens is 3. The summed E-state index contributed by atoms with van der Waals surface area (Å²) in [6.07, 6.45) is -4.95. The van der Waals surface area contributed by atoms with Crippen LogP contribution >= 0.6 is 0 Å². The zero-order chi connectivity index (χ0) is 17.3. The Kier molecular flexibility index (Phi) is 4.42.